The largest absolute Gasteiger partial charge is 0.396 e. The normalized spacial score (nSPS) is 21.3. The van der Waals surface area contributed by atoms with Crippen LogP contribution in [0.3, 0.4) is 0 Å². The van der Waals surface area contributed by atoms with E-state index in [-0.39, 0.29) is 25.3 Å². The second-order valence-corrected chi connectivity index (χ2v) is 9.58. The summed E-state index contributed by atoms with van der Waals surface area (Å²) < 4.78 is 5.66. The number of aldehydes is 1. The van der Waals surface area contributed by atoms with Gasteiger partial charge in [0.2, 0.25) is 0 Å². The van der Waals surface area contributed by atoms with Crippen molar-refractivity contribution in [3.63, 3.8) is 0 Å². The van der Waals surface area contributed by atoms with Crippen LogP contribution in [0.1, 0.15) is 74.7 Å². The molecule has 0 spiro atoms. The number of aliphatic hydroxyl groups excluding tert-OH is 1. The van der Waals surface area contributed by atoms with Gasteiger partial charge in [0, 0.05) is 29.6 Å². The van der Waals surface area contributed by atoms with Gasteiger partial charge in [-0.3, -0.25) is 0 Å². The van der Waals surface area contributed by atoms with Crippen molar-refractivity contribution in [2.75, 3.05) is 18.6 Å². The number of carbonyl (C=O) groups is 1. The molecule has 0 amide bonds. The molecule has 1 saturated heterocycles. The van der Waals surface area contributed by atoms with Crippen LogP contribution in [-0.4, -0.2) is 45.9 Å². The van der Waals surface area contributed by atoms with Crippen LogP contribution >= 0.6 is 47.6 Å². The molecule has 0 radical (unpaired) electrons. The van der Waals surface area contributed by atoms with Crippen molar-refractivity contribution in [1.29, 1.82) is 0 Å². The van der Waals surface area contributed by atoms with E-state index in [0.29, 0.717) is 16.6 Å². The minimum Gasteiger partial charge on any atom is -0.396 e. The second-order valence-electron chi connectivity index (χ2n) is 6.34. The Bertz CT molecular complexity index is 286. The van der Waals surface area contributed by atoms with E-state index in [9.17, 15) is 4.79 Å². The Kier molecular flexibility index (Phi) is 35.1. The van der Waals surface area contributed by atoms with Gasteiger partial charge in [0.15, 0.2) is 0 Å². The fourth-order valence-electron chi connectivity index (χ4n) is 1.46. The number of aliphatic hydroxyl groups is 1. The zero-order chi connectivity index (χ0) is 21.0. The summed E-state index contributed by atoms with van der Waals surface area (Å²) >= 11 is 15.5. The molecule has 0 aliphatic carbocycles. The van der Waals surface area contributed by atoms with Crippen LogP contribution < -0.4 is 0 Å². The lowest BCUT2D eigenvalue weighted by Crippen LogP contribution is -2.26. The van der Waals surface area contributed by atoms with Crippen LogP contribution in [0.25, 0.3) is 0 Å². The molecule has 27 heavy (non-hydrogen) atoms. The van der Waals surface area contributed by atoms with E-state index in [1.54, 1.807) is 0 Å². The Morgan fingerprint density at radius 1 is 1.26 bits per heavy atom. The summed E-state index contributed by atoms with van der Waals surface area (Å²) in [6.07, 6.45) is 5.18. The lowest BCUT2D eigenvalue weighted by molar-refractivity contribution is -0.110. The van der Waals surface area contributed by atoms with Crippen molar-refractivity contribution in [3.8, 4) is 0 Å². The average molecular weight is 468 g/mol. The van der Waals surface area contributed by atoms with Crippen LogP contribution in [0.5, 0.6) is 0 Å². The highest BCUT2D eigenvalue weighted by atomic mass is 35.5. The Balaban J connectivity index is -0.000000143. The van der Waals surface area contributed by atoms with Crippen molar-refractivity contribution in [1.82, 2.24) is 0 Å². The number of rotatable bonds is 6. The molecule has 0 aromatic heterocycles. The Morgan fingerprint density at radius 3 is 2.00 bits per heavy atom. The molecule has 5 unspecified atom stereocenters. The van der Waals surface area contributed by atoms with Crippen molar-refractivity contribution in [2.24, 2.45) is 11.8 Å². The monoisotopic (exact) mass is 466 g/mol. The van der Waals surface area contributed by atoms with Crippen LogP contribution in [-0.2, 0) is 9.53 Å². The maximum atomic E-state index is 9.74. The number of alkyl halides is 2. The Morgan fingerprint density at radius 2 is 1.78 bits per heavy atom. The zero-order valence-corrected chi connectivity index (χ0v) is 20.5. The second kappa shape index (κ2) is 26.9. The van der Waals surface area contributed by atoms with Crippen LogP contribution in [0.4, 0.5) is 0 Å². The molecule has 1 rings (SSSR count). The summed E-state index contributed by atoms with van der Waals surface area (Å²) in [6, 6.07) is 0. The topological polar surface area (TPSA) is 46.5 Å². The number of hydrogen-bond acceptors (Lipinski definition) is 5. The summed E-state index contributed by atoms with van der Waals surface area (Å²) in [7, 11) is 0. The van der Waals surface area contributed by atoms with Gasteiger partial charge in [-0.25, -0.2) is 0 Å². The van der Waals surface area contributed by atoms with Gasteiger partial charge >= 0.3 is 0 Å². The third-order valence-corrected chi connectivity index (χ3v) is 5.53. The van der Waals surface area contributed by atoms with E-state index in [1.807, 2.05) is 32.5 Å². The first-order valence-corrected chi connectivity index (χ1v) is 11.9. The first kappa shape index (κ1) is 35.3. The van der Waals surface area contributed by atoms with E-state index >= 15 is 0 Å². The lowest BCUT2D eigenvalue weighted by Gasteiger charge is -2.30. The van der Waals surface area contributed by atoms with E-state index in [1.165, 1.54) is 12.8 Å². The minimum atomic E-state index is 0. The molecule has 1 aliphatic rings. The number of ether oxygens (including phenoxy) is 1. The summed E-state index contributed by atoms with van der Waals surface area (Å²) in [5.41, 5.74) is 0.462. The molecule has 7 heteroatoms. The zero-order valence-electron chi connectivity index (χ0n) is 17.3. The number of halogens is 2. The van der Waals surface area contributed by atoms with Gasteiger partial charge in [-0.1, -0.05) is 55.4 Å². The first-order chi connectivity index (χ1) is 12.2. The minimum absolute atomic E-state index is 0. The predicted molar refractivity (Wildman–Crippen MR) is 130 cm³/mol. The Hall–Kier alpha value is 0.870. The Labute approximate surface area is 189 Å². The van der Waals surface area contributed by atoms with Gasteiger partial charge in [0.1, 0.15) is 11.7 Å². The van der Waals surface area contributed by atoms with Crippen LogP contribution in [0, 0.1) is 11.8 Å². The standard InChI is InChI=1S/C9H18OS.C5H10O.C4H10OS.CH2Cl2.CH4/c1-4-7(2)9-10-6-5-8(3)11-9;1-3-5(2)4-6;1-4(6)2-3-5;2-1-3;/h7-9H,4-6H2,1-3H3;4-5H,3H2,1-2H3;4-6H,2-3H2,1H3;1H2;1H4. The third kappa shape index (κ3) is 29.2. The van der Waals surface area contributed by atoms with Crippen molar-refractivity contribution in [3.05, 3.63) is 0 Å². The van der Waals surface area contributed by atoms with Gasteiger partial charge in [-0.05, 0) is 25.2 Å². The van der Waals surface area contributed by atoms with Gasteiger partial charge in [0.05, 0.1) is 5.34 Å². The number of thioether (sulfide) groups is 1. The molecule has 0 aromatic carbocycles. The lowest BCUT2D eigenvalue weighted by atomic mass is 10.1. The highest BCUT2D eigenvalue weighted by molar-refractivity contribution is 8.00. The number of carbonyl (C=O) groups excluding carboxylic acids is 1. The van der Waals surface area contributed by atoms with E-state index in [4.69, 9.17) is 33.0 Å². The molecule has 1 aliphatic heterocycles. The average Bonchev–Trinajstić information content (AvgIpc) is 2.62. The molecule has 0 aromatic rings. The van der Waals surface area contributed by atoms with Crippen molar-refractivity contribution in [2.45, 2.75) is 90.6 Å². The van der Waals surface area contributed by atoms with E-state index in [2.05, 4.69) is 33.4 Å². The highest BCUT2D eigenvalue weighted by Gasteiger charge is 2.23. The fraction of sp³-hybridized carbons (Fsp3) is 0.950. The summed E-state index contributed by atoms with van der Waals surface area (Å²) in [4.78, 5) is 9.74. The van der Waals surface area contributed by atoms with Crippen molar-refractivity contribution >= 4 is 53.9 Å². The van der Waals surface area contributed by atoms with Crippen LogP contribution in [0.2, 0.25) is 0 Å². The van der Waals surface area contributed by atoms with Crippen molar-refractivity contribution < 1.29 is 14.6 Å². The fourth-order valence-corrected chi connectivity index (χ4v) is 2.90. The third-order valence-electron chi connectivity index (χ3n) is 3.70. The van der Waals surface area contributed by atoms with E-state index in [0.717, 1.165) is 31.0 Å². The SMILES string of the molecule is C.CC(S)CCO.CCC(C)C1OCCC(C)S1.CCC(C)C=O.ClCCl. The van der Waals surface area contributed by atoms with Crippen LogP contribution in [0.15, 0.2) is 0 Å². The molecule has 1 heterocycles. The maximum absolute atomic E-state index is 9.74. The van der Waals surface area contributed by atoms with Gasteiger partial charge in [-0.15, -0.1) is 35.0 Å². The van der Waals surface area contributed by atoms with Gasteiger partial charge in [0.25, 0.3) is 0 Å². The summed E-state index contributed by atoms with van der Waals surface area (Å²) in [5, 5.41) is 9.52. The molecule has 0 bridgehead atoms. The summed E-state index contributed by atoms with van der Waals surface area (Å²) in [5.74, 6) is 0.966. The molecule has 1 fully saturated rings. The molecular weight excluding hydrogens is 423 g/mol. The molecule has 3 nitrogen and oxygen atoms in total. The predicted octanol–water partition coefficient (Wildman–Crippen LogP) is 6.88. The molecule has 1 N–H and O–H groups in total. The molecule has 168 valence electrons. The van der Waals surface area contributed by atoms with Gasteiger partial charge < -0.3 is 14.6 Å². The number of thiol groups is 1. The quantitative estimate of drug-likeness (QED) is 0.254. The van der Waals surface area contributed by atoms with E-state index < -0.39 is 0 Å². The first-order valence-electron chi connectivity index (χ1n) is 9.36. The molecule has 5 atom stereocenters. The smallest absolute Gasteiger partial charge is 0.122 e. The number of hydrogen-bond donors (Lipinski definition) is 2. The van der Waals surface area contributed by atoms with Gasteiger partial charge in [-0.2, -0.15) is 12.6 Å². The summed E-state index contributed by atoms with van der Waals surface area (Å²) in [6.45, 7) is 13.9. The molecular formula is C20H44Cl2O3S2. The molecule has 0 saturated carbocycles. The highest BCUT2D eigenvalue weighted by Crippen LogP contribution is 2.32. The maximum Gasteiger partial charge on any atom is 0.122 e.